The van der Waals surface area contributed by atoms with Crippen molar-refractivity contribution in [3.63, 3.8) is 0 Å². The van der Waals surface area contributed by atoms with Gasteiger partial charge in [0.15, 0.2) is 5.16 Å². The molecule has 6 nitrogen and oxygen atoms in total. The number of para-hydroxylation sites is 1. The Balaban J connectivity index is 1.69. The van der Waals surface area contributed by atoms with Crippen molar-refractivity contribution in [1.29, 1.82) is 0 Å². The molecule has 0 saturated heterocycles. The van der Waals surface area contributed by atoms with Gasteiger partial charge in [-0.3, -0.25) is 14.2 Å². The van der Waals surface area contributed by atoms with Gasteiger partial charge in [0.1, 0.15) is 0 Å². The molecule has 1 aliphatic carbocycles. The quantitative estimate of drug-likeness (QED) is 0.280. The lowest BCUT2D eigenvalue weighted by atomic mass is 10.1. The van der Waals surface area contributed by atoms with Crippen LogP contribution in [0.4, 0.5) is 0 Å². The van der Waals surface area contributed by atoms with Crippen molar-refractivity contribution in [2.75, 3.05) is 12.4 Å². The van der Waals surface area contributed by atoms with Gasteiger partial charge in [0.25, 0.3) is 5.56 Å². The van der Waals surface area contributed by atoms with E-state index in [2.05, 4.69) is 10.3 Å². The number of carbonyl (C=O) groups is 1. The molecule has 0 spiro atoms. The second-order valence-corrected chi connectivity index (χ2v) is 9.13. The fourth-order valence-corrected chi connectivity index (χ4v) is 4.66. The molecule has 1 saturated carbocycles. The third-order valence-corrected chi connectivity index (χ3v) is 6.33. The van der Waals surface area contributed by atoms with Crippen LogP contribution in [0.25, 0.3) is 10.9 Å². The second-order valence-electron chi connectivity index (χ2n) is 8.19. The molecule has 0 aliphatic heterocycles. The summed E-state index contributed by atoms with van der Waals surface area (Å²) >= 11 is 1.34. The molecule has 30 heavy (non-hydrogen) atoms. The molecule has 1 N–H and O–H groups in total. The summed E-state index contributed by atoms with van der Waals surface area (Å²) in [5.74, 6) is 0.285. The number of benzene rings is 1. The van der Waals surface area contributed by atoms with Gasteiger partial charge in [0, 0.05) is 19.2 Å². The van der Waals surface area contributed by atoms with E-state index >= 15 is 0 Å². The molecule has 0 unspecified atom stereocenters. The molecular formula is C23H33N3O3S. The molecule has 1 aromatic carbocycles. The van der Waals surface area contributed by atoms with E-state index in [1.54, 1.807) is 10.6 Å². The zero-order valence-electron chi connectivity index (χ0n) is 18.1. The van der Waals surface area contributed by atoms with E-state index in [1.165, 1.54) is 37.4 Å². The van der Waals surface area contributed by atoms with Crippen LogP contribution >= 0.6 is 11.8 Å². The first-order valence-electron chi connectivity index (χ1n) is 11.1. The van der Waals surface area contributed by atoms with Crippen molar-refractivity contribution >= 4 is 28.6 Å². The van der Waals surface area contributed by atoms with E-state index < -0.39 is 0 Å². The van der Waals surface area contributed by atoms with Crippen LogP contribution in [-0.2, 0) is 16.1 Å². The van der Waals surface area contributed by atoms with Gasteiger partial charge in [-0.25, -0.2) is 4.98 Å². The number of nitrogens with zero attached hydrogens (tertiary/aromatic N) is 2. The average Bonchev–Trinajstić information content (AvgIpc) is 2.99. The van der Waals surface area contributed by atoms with E-state index in [-0.39, 0.29) is 29.4 Å². The molecule has 2 aromatic rings. The van der Waals surface area contributed by atoms with Crippen LogP contribution in [0.1, 0.15) is 58.8 Å². The number of hydrogen-bond acceptors (Lipinski definition) is 5. The molecule has 164 valence electrons. The Morgan fingerprint density at radius 1 is 1.23 bits per heavy atom. The first kappa shape index (κ1) is 22.8. The van der Waals surface area contributed by atoms with E-state index in [4.69, 9.17) is 4.74 Å². The Labute approximate surface area is 182 Å². The van der Waals surface area contributed by atoms with Crippen molar-refractivity contribution in [1.82, 2.24) is 14.9 Å². The first-order valence-corrected chi connectivity index (χ1v) is 12.1. The lowest BCUT2D eigenvalue weighted by Crippen LogP contribution is -2.35. The summed E-state index contributed by atoms with van der Waals surface area (Å²) in [7, 11) is 0. The average molecular weight is 432 g/mol. The highest BCUT2D eigenvalue weighted by Crippen LogP contribution is 2.20. The van der Waals surface area contributed by atoms with Crippen LogP contribution in [0.15, 0.2) is 34.2 Å². The molecule has 1 amide bonds. The van der Waals surface area contributed by atoms with Crippen LogP contribution < -0.4 is 10.9 Å². The van der Waals surface area contributed by atoms with Gasteiger partial charge in [0.05, 0.1) is 22.8 Å². The maximum Gasteiger partial charge on any atom is 0.262 e. The topological polar surface area (TPSA) is 73.2 Å². The molecule has 0 bridgehead atoms. The second kappa shape index (κ2) is 11.5. The number of nitrogens with one attached hydrogen (secondary N) is 1. The highest BCUT2D eigenvalue weighted by Gasteiger charge is 2.17. The monoisotopic (exact) mass is 431 g/mol. The molecular weight excluding hydrogens is 398 g/mol. The summed E-state index contributed by atoms with van der Waals surface area (Å²) in [6, 6.07) is 7.66. The van der Waals surface area contributed by atoms with Crippen molar-refractivity contribution in [2.45, 2.75) is 82.6 Å². The van der Waals surface area contributed by atoms with Crippen molar-refractivity contribution in [2.24, 2.45) is 0 Å². The lowest BCUT2D eigenvalue weighted by molar-refractivity contribution is -0.119. The molecule has 1 fully saturated rings. The van der Waals surface area contributed by atoms with Gasteiger partial charge in [-0.15, -0.1) is 0 Å². The largest absolute Gasteiger partial charge is 0.379 e. The SMILES string of the molecule is CC(C)OCCCn1c(SCC(=O)NC2CCCCCC2)nc2ccccc2c1=O. The summed E-state index contributed by atoms with van der Waals surface area (Å²) in [6.07, 6.45) is 7.89. The number of amides is 1. The molecule has 0 atom stereocenters. The van der Waals surface area contributed by atoms with Crippen LogP contribution in [0.2, 0.25) is 0 Å². The normalized spacial score (nSPS) is 15.4. The van der Waals surface area contributed by atoms with Crippen LogP contribution in [-0.4, -0.2) is 40.0 Å². The van der Waals surface area contributed by atoms with Crippen LogP contribution in [0, 0.1) is 0 Å². The van der Waals surface area contributed by atoms with Gasteiger partial charge >= 0.3 is 0 Å². The van der Waals surface area contributed by atoms with Crippen molar-refractivity contribution < 1.29 is 9.53 Å². The standard InChI is InChI=1S/C23H33N3O3S/c1-17(2)29-15-9-14-26-22(28)19-12-7-8-13-20(19)25-23(26)30-16-21(27)24-18-10-5-3-4-6-11-18/h7-8,12-13,17-18H,3-6,9-11,14-16H2,1-2H3,(H,24,27). The van der Waals surface area contributed by atoms with E-state index in [1.807, 2.05) is 32.0 Å². The zero-order chi connectivity index (χ0) is 21.3. The van der Waals surface area contributed by atoms with Gasteiger partial charge in [-0.05, 0) is 45.2 Å². The zero-order valence-corrected chi connectivity index (χ0v) is 18.9. The Morgan fingerprint density at radius 2 is 1.97 bits per heavy atom. The summed E-state index contributed by atoms with van der Waals surface area (Å²) < 4.78 is 7.31. The minimum absolute atomic E-state index is 0.0176. The predicted octanol–water partition coefficient (Wildman–Crippen LogP) is 4.14. The number of rotatable bonds is 9. The number of thioether (sulfide) groups is 1. The van der Waals surface area contributed by atoms with Gasteiger partial charge in [-0.1, -0.05) is 49.6 Å². The Hall–Kier alpha value is -1.86. The summed E-state index contributed by atoms with van der Waals surface area (Å²) in [6.45, 7) is 5.11. The van der Waals surface area contributed by atoms with E-state index in [0.29, 0.717) is 29.2 Å². The first-order chi connectivity index (χ1) is 14.5. The number of carbonyl (C=O) groups excluding carboxylic acids is 1. The maximum absolute atomic E-state index is 13.0. The maximum atomic E-state index is 13.0. The van der Waals surface area contributed by atoms with Gasteiger partial charge in [0.2, 0.25) is 5.91 Å². The van der Waals surface area contributed by atoms with Gasteiger partial charge < -0.3 is 10.1 Å². The highest BCUT2D eigenvalue weighted by atomic mass is 32.2. The highest BCUT2D eigenvalue weighted by molar-refractivity contribution is 7.99. The molecule has 3 rings (SSSR count). The third kappa shape index (κ3) is 6.57. The fraction of sp³-hybridized carbons (Fsp3) is 0.609. The number of fused-ring (bicyclic) bond motifs is 1. The summed E-state index contributed by atoms with van der Waals surface area (Å²) in [5, 5.41) is 4.37. The predicted molar refractivity (Wildman–Crippen MR) is 122 cm³/mol. The summed E-state index contributed by atoms with van der Waals surface area (Å²) in [4.78, 5) is 30.3. The summed E-state index contributed by atoms with van der Waals surface area (Å²) in [5.41, 5.74) is 0.612. The van der Waals surface area contributed by atoms with E-state index in [0.717, 1.165) is 19.3 Å². The van der Waals surface area contributed by atoms with Crippen molar-refractivity contribution in [3.8, 4) is 0 Å². The van der Waals surface area contributed by atoms with Crippen molar-refractivity contribution in [3.05, 3.63) is 34.6 Å². The molecule has 1 aromatic heterocycles. The number of hydrogen-bond donors (Lipinski definition) is 1. The lowest BCUT2D eigenvalue weighted by Gasteiger charge is -2.17. The molecule has 1 aliphatic rings. The van der Waals surface area contributed by atoms with Crippen LogP contribution in [0.3, 0.4) is 0 Å². The smallest absolute Gasteiger partial charge is 0.262 e. The number of ether oxygens (including phenoxy) is 1. The Bertz CT molecular complexity index is 889. The molecule has 0 radical (unpaired) electrons. The Kier molecular flexibility index (Phi) is 8.75. The Morgan fingerprint density at radius 3 is 2.70 bits per heavy atom. The fourth-order valence-electron chi connectivity index (χ4n) is 3.82. The van der Waals surface area contributed by atoms with Crippen LogP contribution in [0.5, 0.6) is 0 Å². The minimum Gasteiger partial charge on any atom is -0.379 e. The minimum atomic E-state index is -0.0585. The molecule has 7 heteroatoms. The third-order valence-electron chi connectivity index (χ3n) is 5.36. The number of aromatic nitrogens is 2. The molecule has 1 heterocycles. The van der Waals surface area contributed by atoms with Gasteiger partial charge in [-0.2, -0.15) is 0 Å². The van der Waals surface area contributed by atoms with E-state index in [9.17, 15) is 9.59 Å².